The predicted molar refractivity (Wildman–Crippen MR) is 121 cm³/mol. The van der Waals surface area contributed by atoms with Gasteiger partial charge in [-0.1, -0.05) is 37.3 Å². The summed E-state index contributed by atoms with van der Waals surface area (Å²) in [4.78, 5) is 14.9. The summed E-state index contributed by atoms with van der Waals surface area (Å²) in [7, 11) is 3.20. The summed E-state index contributed by atoms with van der Waals surface area (Å²) in [5.41, 5.74) is 3.33. The number of likely N-dealkylation sites (tertiary alicyclic amines) is 1. The molecule has 0 saturated carbocycles. The van der Waals surface area contributed by atoms with Gasteiger partial charge in [0.1, 0.15) is 0 Å². The molecule has 1 unspecified atom stereocenters. The van der Waals surface area contributed by atoms with Crippen LogP contribution in [0.15, 0.2) is 48.5 Å². The van der Waals surface area contributed by atoms with Gasteiger partial charge in [-0.3, -0.25) is 9.69 Å². The SMILES string of the molecule is COc1ccc(/C=C/C(=O)NCc2ccccc2CN2CCCC(C)C2)cc1OC. The third-order valence-corrected chi connectivity index (χ3v) is 5.54. The van der Waals surface area contributed by atoms with Crippen LogP contribution >= 0.6 is 0 Å². The molecule has 5 heteroatoms. The summed E-state index contributed by atoms with van der Waals surface area (Å²) in [6.07, 6.45) is 5.91. The van der Waals surface area contributed by atoms with Crippen molar-refractivity contribution in [2.45, 2.75) is 32.9 Å². The number of nitrogens with zero attached hydrogens (tertiary/aromatic N) is 1. The molecule has 5 nitrogen and oxygen atoms in total. The third-order valence-electron chi connectivity index (χ3n) is 5.54. The summed E-state index contributed by atoms with van der Waals surface area (Å²) >= 11 is 0. The van der Waals surface area contributed by atoms with E-state index in [4.69, 9.17) is 9.47 Å². The van der Waals surface area contributed by atoms with Crippen molar-refractivity contribution < 1.29 is 14.3 Å². The van der Waals surface area contributed by atoms with Gasteiger partial charge in [-0.05, 0) is 60.2 Å². The van der Waals surface area contributed by atoms with Crippen molar-refractivity contribution in [1.29, 1.82) is 0 Å². The number of piperidine rings is 1. The minimum Gasteiger partial charge on any atom is -0.493 e. The summed E-state index contributed by atoms with van der Waals surface area (Å²) in [6.45, 7) is 6.09. The molecule has 3 rings (SSSR count). The Balaban J connectivity index is 1.58. The van der Waals surface area contributed by atoms with Gasteiger partial charge in [0.25, 0.3) is 0 Å². The number of benzene rings is 2. The van der Waals surface area contributed by atoms with Gasteiger partial charge in [0.15, 0.2) is 11.5 Å². The van der Waals surface area contributed by atoms with Crippen LogP contribution in [0.25, 0.3) is 6.08 Å². The second-order valence-corrected chi connectivity index (χ2v) is 7.92. The number of nitrogens with one attached hydrogen (secondary N) is 1. The van der Waals surface area contributed by atoms with E-state index >= 15 is 0 Å². The smallest absolute Gasteiger partial charge is 0.244 e. The zero-order chi connectivity index (χ0) is 21.3. The molecular formula is C25H32N2O3. The molecule has 1 aliphatic rings. The lowest BCUT2D eigenvalue weighted by Gasteiger charge is -2.31. The van der Waals surface area contributed by atoms with Gasteiger partial charge in [0.05, 0.1) is 14.2 Å². The molecule has 160 valence electrons. The molecule has 1 atom stereocenters. The fourth-order valence-corrected chi connectivity index (χ4v) is 3.93. The van der Waals surface area contributed by atoms with Crippen LogP contribution in [0.2, 0.25) is 0 Å². The van der Waals surface area contributed by atoms with Crippen molar-refractivity contribution in [2.75, 3.05) is 27.3 Å². The molecule has 1 fully saturated rings. The molecule has 2 aromatic rings. The van der Waals surface area contributed by atoms with Gasteiger partial charge in [0, 0.05) is 25.7 Å². The second-order valence-electron chi connectivity index (χ2n) is 7.92. The van der Waals surface area contributed by atoms with Crippen molar-refractivity contribution in [2.24, 2.45) is 5.92 Å². The molecule has 1 heterocycles. The molecule has 0 radical (unpaired) electrons. The quantitative estimate of drug-likeness (QED) is 0.663. The number of carbonyl (C=O) groups is 1. The number of hydrogen-bond acceptors (Lipinski definition) is 4. The Hall–Kier alpha value is -2.79. The third kappa shape index (κ3) is 6.10. The van der Waals surface area contributed by atoms with Crippen LogP contribution < -0.4 is 14.8 Å². The maximum absolute atomic E-state index is 12.3. The number of rotatable bonds is 8. The average Bonchev–Trinajstić information content (AvgIpc) is 2.77. The summed E-state index contributed by atoms with van der Waals surface area (Å²) < 4.78 is 10.6. The molecule has 0 aliphatic carbocycles. The number of ether oxygens (including phenoxy) is 2. The minimum atomic E-state index is -0.119. The van der Waals surface area contributed by atoms with Gasteiger partial charge in [-0.15, -0.1) is 0 Å². The molecule has 0 spiro atoms. The van der Waals surface area contributed by atoms with E-state index in [1.807, 2.05) is 24.3 Å². The maximum atomic E-state index is 12.3. The van der Waals surface area contributed by atoms with Gasteiger partial charge < -0.3 is 14.8 Å². The maximum Gasteiger partial charge on any atom is 0.244 e. The monoisotopic (exact) mass is 408 g/mol. The van der Waals surface area contributed by atoms with Crippen molar-refractivity contribution >= 4 is 12.0 Å². The van der Waals surface area contributed by atoms with Crippen molar-refractivity contribution in [3.63, 3.8) is 0 Å². The predicted octanol–water partition coefficient (Wildman–Crippen LogP) is 4.27. The molecule has 1 aliphatic heterocycles. The molecule has 0 aromatic heterocycles. The fourth-order valence-electron chi connectivity index (χ4n) is 3.93. The first kappa shape index (κ1) is 21.9. The van der Waals surface area contributed by atoms with Crippen LogP contribution in [0.4, 0.5) is 0 Å². The second kappa shape index (κ2) is 10.8. The molecule has 30 heavy (non-hydrogen) atoms. The lowest BCUT2D eigenvalue weighted by molar-refractivity contribution is -0.116. The van der Waals surface area contributed by atoms with E-state index in [1.54, 1.807) is 26.4 Å². The molecular weight excluding hydrogens is 376 g/mol. The molecule has 1 N–H and O–H groups in total. The molecule has 1 saturated heterocycles. The summed E-state index contributed by atoms with van der Waals surface area (Å²) in [5.74, 6) is 1.94. The largest absolute Gasteiger partial charge is 0.493 e. The Labute approximate surface area is 179 Å². The summed E-state index contributed by atoms with van der Waals surface area (Å²) in [5, 5.41) is 3.01. The Bertz CT molecular complexity index is 878. The van der Waals surface area contributed by atoms with Crippen LogP contribution in [0, 0.1) is 5.92 Å². The molecule has 2 aromatic carbocycles. The summed E-state index contributed by atoms with van der Waals surface area (Å²) in [6, 6.07) is 13.9. The highest BCUT2D eigenvalue weighted by atomic mass is 16.5. The zero-order valence-corrected chi connectivity index (χ0v) is 18.2. The highest BCUT2D eigenvalue weighted by molar-refractivity contribution is 5.91. The van der Waals surface area contributed by atoms with Gasteiger partial charge in [0.2, 0.25) is 5.91 Å². The minimum absolute atomic E-state index is 0.119. The number of hydrogen-bond donors (Lipinski definition) is 1. The van der Waals surface area contributed by atoms with Crippen LogP contribution in [-0.2, 0) is 17.9 Å². The standard InChI is InChI=1S/C25H32N2O3/c1-19-7-6-14-27(17-19)18-22-9-5-4-8-21(22)16-26-25(28)13-11-20-10-12-23(29-2)24(15-20)30-3/h4-5,8-13,15,19H,6-7,14,16-18H2,1-3H3,(H,26,28)/b13-11+. The van der Waals surface area contributed by atoms with Crippen LogP contribution in [-0.4, -0.2) is 38.1 Å². The highest BCUT2D eigenvalue weighted by Crippen LogP contribution is 2.28. The van der Waals surface area contributed by atoms with E-state index in [-0.39, 0.29) is 5.91 Å². The van der Waals surface area contributed by atoms with E-state index in [0.29, 0.717) is 18.0 Å². The molecule has 0 bridgehead atoms. The van der Waals surface area contributed by atoms with E-state index in [9.17, 15) is 4.79 Å². The normalized spacial score (nSPS) is 17.1. The van der Waals surface area contributed by atoms with Crippen LogP contribution in [0.3, 0.4) is 0 Å². The van der Waals surface area contributed by atoms with Crippen LogP contribution in [0.5, 0.6) is 11.5 Å². The van der Waals surface area contributed by atoms with Gasteiger partial charge >= 0.3 is 0 Å². The first-order chi connectivity index (χ1) is 14.6. The first-order valence-corrected chi connectivity index (χ1v) is 10.6. The van der Waals surface area contributed by atoms with E-state index in [2.05, 4.69) is 35.3 Å². The zero-order valence-electron chi connectivity index (χ0n) is 18.2. The number of carbonyl (C=O) groups excluding carboxylic acids is 1. The lowest BCUT2D eigenvalue weighted by atomic mass is 9.99. The number of methoxy groups -OCH3 is 2. The van der Waals surface area contributed by atoms with Gasteiger partial charge in [-0.2, -0.15) is 0 Å². The average molecular weight is 409 g/mol. The van der Waals surface area contributed by atoms with E-state index < -0.39 is 0 Å². The Morgan fingerprint density at radius 3 is 2.63 bits per heavy atom. The highest BCUT2D eigenvalue weighted by Gasteiger charge is 2.17. The van der Waals surface area contributed by atoms with Crippen molar-refractivity contribution in [3.8, 4) is 11.5 Å². The Kier molecular flexibility index (Phi) is 7.91. The Morgan fingerprint density at radius 2 is 1.90 bits per heavy atom. The number of amides is 1. The first-order valence-electron chi connectivity index (χ1n) is 10.6. The fraction of sp³-hybridized carbons (Fsp3) is 0.400. The lowest BCUT2D eigenvalue weighted by Crippen LogP contribution is -2.34. The van der Waals surface area contributed by atoms with E-state index in [1.165, 1.54) is 24.0 Å². The molecule has 1 amide bonds. The topological polar surface area (TPSA) is 50.8 Å². The van der Waals surface area contributed by atoms with Crippen LogP contribution in [0.1, 0.15) is 36.5 Å². The van der Waals surface area contributed by atoms with Gasteiger partial charge in [-0.25, -0.2) is 0 Å². The Morgan fingerprint density at radius 1 is 1.13 bits per heavy atom. The van der Waals surface area contributed by atoms with E-state index in [0.717, 1.165) is 31.1 Å². The van der Waals surface area contributed by atoms with Crippen molar-refractivity contribution in [1.82, 2.24) is 10.2 Å². The van der Waals surface area contributed by atoms with Crippen molar-refractivity contribution in [3.05, 3.63) is 65.2 Å².